The number of thiophene rings is 1. The zero-order valence-corrected chi connectivity index (χ0v) is 15.9. The largest absolute Gasteiger partial charge is 0.334 e. The van der Waals surface area contributed by atoms with Gasteiger partial charge in [-0.1, -0.05) is 12.1 Å². The first-order chi connectivity index (χ1) is 12.3. The fourth-order valence-electron chi connectivity index (χ4n) is 3.15. The van der Waals surface area contributed by atoms with Gasteiger partial charge in [-0.3, -0.25) is 4.79 Å². The zero-order valence-electron chi connectivity index (χ0n) is 14.2. The molecule has 2 aromatic heterocycles. The second-order valence-corrected chi connectivity index (χ2v) is 8.07. The first kappa shape index (κ1) is 16.7. The van der Waals surface area contributed by atoms with Crippen LogP contribution in [0.15, 0.2) is 41.1 Å². The summed E-state index contributed by atoms with van der Waals surface area (Å²) in [5.74, 6) is 1.99. The van der Waals surface area contributed by atoms with Gasteiger partial charge in [-0.2, -0.15) is 23.1 Å². The van der Waals surface area contributed by atoms with Crippen molar-refractivity contribution in [1.82, 2.24) is 14.5 Å². The Kier molecular flexibility index (Phi) is 4.81. The fourth-order valence-corrected chi connectivity index (χ4v) is 4.29. The van der Waals surface area contributed by atoms with E-state index >= 15 is 0 Å². The molecule has 1 aliphatic carbocycles. The number of carbonyl (C=O) groups is 1. The number of thioether (sulfide) groups is 1. The number of fused-ring (bicyclic) bond motifs is 1. The molecule has 0 aliphatic heterocycles. The lowest BCUT2D eigenvalue weighted by atomic mass is 10.3. The van der Waals surface area contributed by atoms with Crippen LogP contribution in [0.4, 0.5) is 0 Å². The van der Waals surface area contributed by atoms with Crippen LogP contribution < -0.4 is 0 Å². The second kappa shape index (κ2) is 7.22. The van der Waals surface area contributed by atoms with Crippen LogP contribution in [0.3, 0.4) is 0 Å². The van der Waals surface area contributed by atoms with Gasteiger partial charge in [0.2, 0.25) is 5.91 Å². The van der Waals surface area contributed by atoms with E-state index in [1.165, 1.54) is 5.56 Å². The predicted molar refractivity (Wildman–Crippen MR) is 105 cm³/mol. The molecule has 0 unspecified atom stereocenters. The molecule has 0 radical (unpaired) electrons. The van der Waals surface area contributed by atoms with Crippen molar-refractivity contribution in [2.75, 3.05) is 6.26 Å². The van der Waals surface area contributed by atoms with Crippen LogP contribution in [0.5, 0.6) is 0 Å². The highest BCUT2D eigenvalue weighted by molar-refractivity contribution is 7.97. The topological polar surface area (TPSA) is 38.1 Å². The monoisotopic (exact) mass is 371 g/mol. The Morgan fingerprint density at radius 3 is 2.92 bits per heavy atom. The van der Waals surface area contributed by atoms with Crippen molar-refractivity contribution in [2.24, 2.45) is 0 Å². The summed E-state index contributed by atoms with van der Waals surface area (Å²) in [4.78, 5) is 19.9. The van der Waals surface area contributed by atoms with E-state index in [9.17, 15) is 4.79 Å². The van der Waals surface area contributed by atoms with Crippen molar-refractivity contribution in [3.8, 4) is 0 Å². The Balaban J connectivity index is 1.60. The molecule has 1 saturated carbocycles. The Morgan fingerprint density at radius 1 is 1.36 bits per heavy atom. The summed E-state index contributed by atoms with van der Waals surface area (Å²) in [5.41, 5.74) is 3.24. The number of hydrogen-bond donors (Lipinski definition) is 0. The van der Waals surface area contributed by atoms with E-state index in [2.05, 4.69) is 38.6 Å². The molecule has 0 saturated heterocycles. The Morgan fingerprint density at radius 2 is 2.20 bits per heavy atom. The summed E-state index contributed by atoms with van der Waals surface area (Å²) in [6.45, 7) is 1.09. The molecule has 0 spiro atoms. The van der Waals surface area contributed by atoms with Gasteiger partial charge < -0.3 is 9.47 Å². The van der Waals surface area contributed by atoms with Crippen molar-refractivity contribution in [3.63, 3.8) is 0 Å². The van der Waals surface area contributed by atoms with Crippen molar-refractivity contribution in [1.29, 1.82) is 0 Å². The number of amides is 1. The van der Waals surface area contributed by atoms with E-state index < -0.39 is 0 Å². The Bertz CT molecular complexity index is 868. The molecule has 0 atom stereocenters. The summed E-state index contributed by atoms with van der Waals surface area (Å²) in [6.07, 6.45) is 4.31. The number of carbonyl (C=O) groups excluding carboxylic acids is 1. The zero-order chi connectivity index (χ0) is 17.2. The average Bonchev–Trinajstić information content (AvgIpc) is 3.22. The molecule has 0 bridgehead atoms. The SMILES string of the molecule is CSCc1nc2ccccc2n1CC(=O)N(Cc1ccsc1)C1CC1. The molecule has 1 amide bonds. The first-order valence-corrected chi connectivity index (χ1v) is 10.8. The third-order valence-electron chi connectivity index (χ3n) is 4.54. The Labute approximate surface area is 155 Å². The van der Waals surface area contributed by atoms with Crippen LogP contribution in [0.2, 0.25) is 0 Å². The van der Waals surface area contributed by atoms with Crippen LogP contribution in [0.1, 0.15) is 24.2 Å². The van der Waals surface area contributed by atoms with Gasteiger partial charge in [-0.25, -0.2) is 4.98 Å². The van der Waals surface area contributed by atoms with Crippen LogP contribution in [0, 0.1) is 0 Å². The summed E-state index contributed by atoms with van der Waals surface area (Å²) < 4.78 is 2.09. The van der Waals surface area contributed by atoms with E-state index in [-0.39, 0.29) is 5.91 Å². The lowest BCUT2D eigenvalue weighted by molar-refractivity contribution is -0.133. The van der Waals surface area contributed by atoms with Crippen LogP contribution in [-0.4, -0.2) is 32.7 Å². The minimum Gasteiger partial charge on any atom is -0.334 e. The minimum absolute atomic E-state index is 0.194. The molecule has 4 nitrogen and oxygen atoms in total. The maximum absolute atomic E-state index is 13.1. The molecule has 0 N–H and O–H groups in total. The first-order valence-electron chi connectivity index (χ1n) is 8.50. The van der Waals surface area contributed by atoms with Crippen molar-refractivity contribution >= 4 is 40.0 Å². The number of benzene rings is 1. The van der Waals surface area contributed by atoms with Gasteiger partial charge in [0.05, 0.1) is 16.8 Å². The summed E-state index contributed by atoms with van der Waals surface area (Å²) >= 11 is 3.42. The molecular formula is C19H21N3OS2. The van der Waals surface area contributed by atoms with Gasteiger partial charge in [-0.15, -0.1) is 0 Å². The lowest BCUT2D eigenvalue weighted by Crippen LogP contribution is -2.35. The van der Waals surface area contributed by atoms with Gasteiger partial charge in [-0.05, 0) is 53.6 Å². The maximum Gasteiger partial charge on any atom is 0.243 e. The lowest BCUT2D eigenvalue weighted by Gasteiger charge is -2.23. The maximum atomic E-state index is 13.1. The van der Waals surface area contributed by atoms with Crippen LogP contribution in [-0.2, 0) is 23.6 Å². The van der Waals surface area contributed by atoms with E-state index in [1.807, 2.05) is 18.2 Å². The van der Waals surface area contributed by atoms with E-state index in [0.29, 0.717) is 12.6 Å². The quantitative estimate of drug-likeness (QED) is 0.626. The van der Waals surface area contributed by atoms with Gasteiger partial charge in [0.25, 0.3) is 0 Å². The molecule has 25 heavy (non-hydrogen) atoms. The normalized spacial score (nSPS) is 14.1. The molecule has 1 aromatic carbocycles. The average molecular weight is 372 g/mol. The second-order valence-electron chi connectivity index (χ2n) is 6.42. The number of nitrogens with zero attached hydrogens (tertiary/aromatic N) is 3. The molecule has 3 aromatic rings. The molecular weight excluding hydrogens is 350 g/mol. The van der Waals surface area contributed by atoms with Crippen LogP contribution >= 0.6 is 23.1 Å². The van der Waals surface area contributed by atoms with E-state index in [0.717, 1.165) is 42.0 Å². The molecule has 2 heterocycles. The van der Waals surface area contributed by atoms with Crippen molar-refractivity contribution < 1.29 is 4.79 Å². The molecule has 6 heteroatoms. The number of imidazole rings is 1. The number of aromatic nitrogens is 2. The highest BCUT2D eigenvalue weighted by atomic mass is 32.2. The summed E-state index contributed by atoms with van der Waals surface area (Å²) in [7, 11) is 0. The number of para-hydroxylation sites is 2. The smallest absolute Gasteiger partial charge is 0.243 e. The summed E-state index contributed by atoms with van der Waals surface area (Å²) in [6, 6.07) is 10.6. The van der Waals surface area contributed by atoms with Gasteiger partial charge in [0.15, 0.2) is 0 Å². The molecule has 1 aliphatic rings. The predicted octanol–water partition coefficient (Wildman–Crippen LogP) is 4.15. The third-order valence-corrected chi connectivity index (χ3v) is 5.82. The molecule has 4 rings (SSSR count). The van der Waals surface area contributed by atoms with Gasteiger partial charge in [0.1, 0.15) is 12.4 Å². The minimum atomic E-state index is 0.194. The number of rotatable bonds is 7. The van der Waals surface area contributed by atoms with Gasteiger partial charge in [0, 0.05) is 12.6 Å². The highest BCUT2D eigenvalue weighted by Gasteiger charge is 2.33. The standard InChI is InChI=1S/C19H21N3OS2/c1-24-13-18-20-16-4-2-3-5-17(16)22(18)11-19(23)21(15-6-7-15)10-14-8-9-25-12-14/h2-5,8-9,12,15H,6-7,10-11,13H2,1H3. The number of hydrogen-bond acceptors (Lipinski definition) is 4. The molecule has 1 fully saturated rings. The van der Waals surface area contributed by atoms with Crippen molar-refractivity contribution in [2.45, 2.75) is 37.7 Å². The third kappa shape index (κ3) is 3.60. The van der Waals surface area contributed by atoms with Crippen molar-refractivity contribution in [3.05, 3.63) is 52.5 Å². The fraction of sp³-hybridized carbons (Fsp3) is 0.368. The van der Waals surface area contributed by atoms with Gasteiger partial charge >= 0.3 is 0 Å². The molecule has 130 valence electrons. The Hall–Kier alpha value is -1.79. The van der Waals surface area contributed by atoms with E-state index in [1.54, 1.807) is 23.1 Å². The summed E-state index contributed by atoms with van der Waals surface area (Å²) in [5, 5.41) is 4.21. The van der Waals surface area contributed by atoms with E-state index in [4.69, 9.17) is 4.98 Å². The highest BCUT2D eigenvalue weighted by Crippen LogP contribution is 2.29. The van der Waals surface area contributed by atoms with Crippen LogP contribution in [0.25, 0.3) is 11.0 Å².